The molecule has 0 radical (unpaired) electrons. The molecular weight excluding hydrogens is 428 g/mol. The van der Waals surface area contributed by atoms with Gasteiger partial charge in [-0.3, -0.25) is 19.2 Å². The fraction of sp³-hybridized carbons (Fsp3) is 0.333. The molecule has 2 amide bonds. The molecule has 0 aliphatic carbocycles. The van der Waals surface area contributed by atoms with Crippen LogP contribution in [0.3, 0.4) is 0 Å². The molecule has 0 aliphatic heterocycles. The molecule has 0 bridgehead atoms. The van der Waals surface area contributed by atoms with Crippen molar-refractivity contribution in [2.45, 2.75) is 26.7 Å². The molecule has 0 unspecified atom stereocenters. The normalized spacial score (nSPS) is 10.4. The Morgan fingerprint density at radius 2 is 1.80 bits per heavy atom. The summed E-state index contributed by atoms with van der Waals surface area (Å²) in [6.45, 7) is 4.48. The van der Waals surface area contributed by atoms with Crippen LogP contribution in [0, 0.1) is 0 Å². The van der Waals surface area contributed by atoms with Crippen molar-refractivity contribution in [3.63, 3.8) is 0 Å². The lowest BCUT2D eigenvalue weighted by Crippen LogP contribution is -2.30. The first-order chi connectivity index (χ1) is 14.3. The van der Waals surface area contributed by atoms with Gasteiger partial charge in [-0.15, -0.1) is 11.3 Å². The molecular formula is C21H23ClN2O5S. The van der Waals surface area contributed by atoms with Crippen molar-refractivity contribution in [3.05, 3.63) is 51.2 Å². The lowest BCUT2D eigenvalue weighted by Gasteiger charge is -2.19. The smallest absolute Gasteiger partial charge is 0.306 e. The maximum absolute atomic E-state index is 12.4. The molecule has 0 spiro atoms. The van der Waals surface area contributed by atoms with Crippen molar-refractivity contribution >= 4 is 52.2 Å². The monoisotopic (exact) mass is 450 g/mol. The average Bonchev–Trinajstić information content (AvgIpc) is 3.18. The van der Waals surface area contributed by atoms with E-state index in [0.717, 1.165) is 11.3 Å². The van der Waals surface area contributed by atoms with Crippen LogP contribution in [0.5, 0.6) is 0 Å². The number of amides is 2. The second kappa shape index (κ2) is 11.5. The lowest BCUT2D eigenvalue weighted by atomic mass is 10.1. The van der Waals surface area contributed by atoms with E-state index in [1.807, 2.05) is 13.8 Å². The van der Waals surface area contributed by atoms with Crippen LogP contribution in [0.4, 0.5) is 5.69 Å². The van der Waals surface area contributed by atoms with E-state index in [2.05, 4.69) is 5.32 Å². The molecule has 1 aromatic carbocycles. The quantitative estimate of drug-likeness (QED) is 0.435. The molecule has 0 fully saturated rings. The number of nitrogens with zero attached hydrogens (tertiary/aromatic N) is 1. The number of ketones is 1. The van der Waals surface area contributed by atoms with Gasteiger partial charge in [0, 0.05) is 30.8 Å². The van der Waals surface area contributed by atoms with Crippen LogP contribution in [0.25, 0.3) is 0 Å². The highest BCUT2D eigenvalue weighted by Gasteiger charge is 2.15. The maximum atomic E-state index is 12.4. The predicted octanol–water partition coefficient (Wildman–Crippen LogP) is 4.03. The topological polar surface area (TPSA) is 92.8 Å². The van der Waals surface area contributed by atoms with Crippen LogP contribution in [0.2, 0.25) is 4.34 Å². The Bertz CT molecular complexity index is 924. The summed E-state index contributed by atoms with van der Waals surface area (Å²) in [5.41, 5.74) is 0.888. The number of halogens is 1. The maximum Gasteiger partial charge on any atom is 0.306 e. The minimum Gasteiger partial charge on any atom is -0.456 e. The largest absolute Gasteiger partial charge is 0.456 e. The van der Waals surface area contributed by atoms with Crippen molar-refractivity contribution in [2.75, 3.05) is 25.0 Å². The van der Waals surface area contributed by atoms with Gasteiger partial charge in [-0.1, -0.05) is 17.7 Å². The first-order valence-electron chi connectivity index (χ1n) is 9.47. The van der Waals surface area contributed by atoms with Crippen LogP contribution >= 0.6 is 22.9 Å². The van der Waals surface area contributed by atoms with Gasteiger partial charge in [-0.2, -0.15) is 0 Å². The molecule has 30 heavy (non-hydrogen) atoms. The van der Waals surface area contributed by atoms with Gasteiger partial charge in [0.25, 0.3) is 11.8 Å². The molecule has 7 nitrogen and oxygen atoms in total. The van der Waals surface area contributed by atoms with E-state index in [9.17, 15) is 19.2 Å². The standard InChI is InChI=1S/C21H23ClN2O5S/c1-3-24(4-2)21(28)14-6-5-7-15(12-14)23-19(26)13-29-20(27)11-8-16(25)17-9-10-18(22)30-17/h5-7,9-10,12H,3-4,8,11,13H2,1-2H3,(H,23,26). The number of nitrogens with one attached hydrogen (secondary N) is 1. The summed E-state index contributed by atoms with van der Waals surface area (Å²) in [7, 11) is 0. The minimum atomic E-state index is -0.647. The fourth-order valence-corrected chi connectivity index (χ4v) is 3.65. The van der Waals surface area contributed by atoms with Gasteiger partial charge in [0.05, 0.1) is 15.6 Å². The van der Waals surface area contributed by atoms with Gasteiger partial charge in [-0.25, -0.2) is 0 Å². The van der Waals surface area contributed by atoms with E-state index in [0.29, 0.717) is 33.6 Å². The zero-order valence-electron chi connectivity index (χ0n) is 16.8. The molecule has 0 aliphatic rings. The molecule has 160 valence electrons. The van der Waals surface area contributed by atoms with Crippen LogP contribution in [-0.4, -0.2) is 48.2 Å². The number of thiophene rings is 1. The molecule has 1 N–H and O–H groups in total. The number of carbonyl (C=O) groups excluding carboxylic acids is 4. The number of anilines is 1. The van der Waals surface area contributed by atoms with Crippen LogP contribution in [0.1, 0.15) is 46.7 Å². The number of benzene rings is 1. The molecule has 1 aromatic heterocycles. The van der Waals surface area contributed by atoms with Crippen molar-refractivity contribution in [1.82, 2.24) is 4.90 Å². The summed E-state index contributed by atoms with van der Waals surface area (Å²) < 4.78 is 5.42. The second-order valence-electron chi connectivity index (χ2n) is 6.29. The Morgan fingerprint density at radius 1 is 1.07 bits per heavy atom. The summed E-state index contributed by atoms with van der Waals surface area (Å²) in [6, 6.07) is 9.78. The average molecular weight is 451 g/mol. The van der Waals surface area contributed by atoms with E-state index >= 15 is 0 Å². The van der Waals surface area contributed by atoms with Crippen LogP contribution < -0.4 is 5.32 Å². The predicted molar refractivity (Wildman–Crippen MR) is 116 cm³/mol. The number of ether oxygens (including phenoxy) is 1. The van der Waals surface area contributed by atoms with E-state index in [4.69, 9.17) is 16.3 Å². The van der Waals surface area contributed by atoms with Crippen molar-refractivity contribution in [3.8, 4) is 0 Å². The zero-order valence-corrected chi connectivity index (χ0v) is 18.3. The number of Topliss-reactive ketones (excluding diaryl/α,β-unsaturated/α-hetero) is 1. The highest BCUT2D eigenvalue weighted by atomic mass is 35.5. The van der Waals surface area contributed by atoms with Gasteiger partial charge in [0.1, 0.15) is 0 Å². The van der Waals surface area contributed by atoms with Gasteiger partial charge >= 0.3 is 5.97 Å². The first-order valence-corrected chi connectivity index (χ1v) is 10.7. The molecule has 1 heterocycles. The van der Waals surface area contributed by atoms with Crippen LogP contribution in [-0.2, 0) is 14.3 Å². The van der Waals surface area contributed by atoms with E-state index < -0.39 is 18.5 Å². The number of rotatable bonds is 10. The Labute approximate surface area is 184 Å². The Morgan fingerprint density at radius 3 is 2.43 bits per heavy atom. The SMILES string of the molecule is CCN(CC)C(=O)c1cccc(NC(=O)COC(=O)CCC(=O)c2ccc(Cl)s2)c1. The third kappa shape index (κ3) is 6.96. The molecule has 2 aromatic rings. The number of hydrogen-bond donors (Lipinski definition) is 1. The fourth-order valence-electron chi connectivity index (χ4n) is 2.64. The summed E-state index contributed by atoms with van der Waals surface area (Å²) in [5, 5.41) is 2.59. The lowest BCUT2D eigenvalue weighted by molar-refractivity contribution is -0.147. The van der Waals surface area contributed by atoms with Crippen molar-refractivity contribution in [1.29, 1.82) is 0 Å². The summed E-state index contributed by atoms with van der Waals surface area (Å²) in [5.74, 6) is -1.51. The number of carbonyl (C=O) groups is 4. The first kappa shape index (κ1) is 23.6. The van der Waals surface area contributed by atoms with E-state index in [1.165, 1.54) is 0 Å². The van der Waals surface area contributed by atoms with Gasteiger partial charge < -0.3 is 15.0 Å². The summed E-state index contributed by atoms with van der Waals surface area (Å²) >= 11 is 6.93. The summed E-state index contributed by atoms with van der Waals surface area (Å²) in [4.78, 5) is 50.3. The number of esters is 1. The van der Waals surface area contributed by atoms with Crippen LogP contribution in [0.15, 0.2) is 36.4 Å². The zero-order chi connectivity index (χ0) is 22.1. The molecule has 9 heteroatoms. The number of hydrogen-bond acceptors (Lipinski definition) is 6. The van der Waals surface area contributed by atoms with E-state index in [1.54, 1.807) is 41.3 Å². The highest BCUT2D eigenvalue weighted by Crippen LogP contribution is 2.23. The molecule has 0 atom stereocenters. The van der Waals surface area contributed by atoms with Gasteiger partial charge in [0.2, 0.25) is 0 Å². The minimum absolute atomic E-state index is 0.0210. The third-order valence-corrected chi connectivity index (χ3v) is 5.48. The second-order valence-corrected chi connectivity index (χ2v) is 8.01. The Hall–Kier alpha value is -2.71. The Kier molecular flexibility index (Phi) is 9.01. The third-order valence-electron chi connectivity index (χ3n) is 4.21. The molecule has 2 rings (SSSR count). The van der Waals surface area contributed by atoms with Gasteiger partial charge in [-0.05, 0) is 44.2 Å². The summed E-state index contributed by atoms with van der Waals surface area (Å²) in [6.07, 6.45) is -0.150. The molecule has 0 saturated carbocycles. The molecule has 0 saturated heterocycles. The van der Waals surface area contributed by atoms with Crippen molar-refractivity contribution in [2.24, 2.45) is 0 Å². The highest BCUT2D eigenvalue weighted by molar-refractivity contribution is 7.18. The van der Waals surface area contributed by atoms with E-state index in [-0.39, 0.29) is 24.5 Å². The van der Waals surface area contributed by atoms with Gasteiger partial charge in [0.15, 0.2) is 12.4 Å². The Balaban J connectivity index is 1.80. The van der Waals surface area contributed by atoms with Crippen molar-refractivity contribution < 1.29 is 23.9 Å².